The fourth-order valence-electron chi connectivity index (χ4n) is 0.916. The van der Waals surface area contributed by atoms with Crippen LogP contribution in [0.15, 0.2) is 0 Å². The summed E-state index contributed by atoms with van der Waals surface area (Å²) in [4.78, 5) is 0. The van der Waals surface area contributed by atoms with Gasteiger partial charge < -0.3 is 5.32 Å². The van der Waals surface area contributed by atoms with Crippen LogP contribution in [0.25, 0.3) is 0 Å². The van der Waals surface area contributed by atoms with E-state index < -0.39 is 0 Å². The van der Waals surface area contributed by atoms with Gasteiger partial charge in [-0.05, 0) is 24.3 Å². The maximum absolute atomic E-state index is 3.51. The Morgan fingerprint density at radius 1 is 1.25 bits per heavy atom. The average molecular weight is 171 g/mol. The van der Waals surface area contributed by atoms with Gasteiger partial charge in [0, 0.05) is 6.54 Å². The first-order chi connectivity index (χ1) is 5.50. The summed E-state index contributed by atoms with van der Waals surface area (Å²) in [5.74, 6) is 0.756. The van der Waals surface area contributed by atoms with Gasteiger partial charge in [0.25, 0.3) is 0 Å². The summed E-state index contributed by atoms with van der Waals surface area (Å²) >= 11 is 0. The van der Waals surface area contributed by atoms with Crippen molar-refractivity contribution in [2.75, 3.05) is 13.1 Å². The van der Waals surface area contributed by atoms with Gasteiger partial charge >= 0.3 is 0 Å². The Hall–Kier alpha value is -0.0400. The Labute approximate surface area is 77.9 Å². The third-order valence-corrected chi connectivity index (χ3v) is 2.85. The van der Waals surface area contributed by atoms with E-state index in [2.05, 4.69) is 39.9 Å². The Morgan fingerprint density at radius 2 is 1.83 bits per heavy atom. The first-order valence-corrected chi connectivity index (χ1v) is 5.21. The van der Waals surface area contributed by atoms with Gasteiger partial charge in [-0.15, -0.1) is 0 Å². The van der Waals surface area contributed by atoms with Crippen LogP contribution in [0.5, 0.6) is 0 Å². The maximum atomic E-state index is 3.51. The predicted molar refractivity (Wildman–Crippen MR) is 56.4 cm³/mol. The van der Waals surface area contributed by atoms with Crippen molar-refractivity contribution in [1.82, 2.24) is 5.32 Å². The molecule has 0 unspecified atom stereocenters. The molecule has 0 amide bonds. The molecule has 0 aromatic carbocycles. The van der Waals surface area contributed by atoms with E-state index in [-0.39, 0.29) is 0 Å². The van der Waals surface area contributed by atoms with E-state index in [1.54, 1.807) is 0 Å². The van der Waals surface area contributed by atoms with Gasteiger partial charge in [0.05, 0.1) is 0 Å². The normalized spacial score (nSPS) is 12.5. The van der Waals surface area contributed by atoms with Gasteiger partial charge in [0.1, 0.15) is 0 Å². The minimum atomic E-state index is 0.438. The van der Waals surface area contributed by atoms with Crippen molar-refractivity contribution in [2.45, 2.75) is 47.5 Å². The molecule has 0 atom stereocenters. The minimum Gasteiger partial charge on any atom is -0.316 e. The summed E-state index contributed by atoms with van der Waals surface area (Å²) in [7, 11) is 0. The third-order valence-electron chi connectivity index (χ3n) is 2.85. The zero-order valence-electron chi connectivity index (χ0n) is 9.41. The molecule has 0 radical (unpaired) electrons. The standard InChI is InChI=1S/C11H25N/c1-6-7-8-12-9-11(4,5)10(2)3/h10,12H,6-9H2,1-5H3. The monoisotopic (exact) mass is 171 g/mol. The van der Waals surface area contributed by atoms with E-state index in [0.717, 1.165) is 12.5 Å². The highest BCUT2D eigenvalue weighted by molar-refractivity contribution is 4.74. The first kappa shape index (κ1) is 12.0. The number of nitrogens with one attached hydrogen (secondary N) is 1. The molecule has 74 valence electrons. The molecule has 0 saturated heterocycles. The highest BCUT2D eigenvalue weighted by atomic mass is 14.9. The van der Waals surface area contributed by atoms with Crippen molar-refractivity contribution in [3.63, 3.8) is 0 Å². The fourth-order valence-corrected chi connectivity index (χ4v) is 0.916. The third kappa shape index (κ3) is 4.76. The van der Waals surface area contributed by atoms with Crippen molar-refractivity contribution in [3.8, 4) is 0 Å². The SMILES string of the molecule is CCCCNCC(C)(C)C(C)C. The number of hydrogen-bond acceptors (Lipinski definition) is 1. The molecule has 1 heteroatoms. The molecule has 0 rings (SSSR count). The second-order valence-electron chi connectivity index (χ2n) is 4.67. The zero-order valence-corrected chi connectivity index (χ0v) is 9.41. The summed E-state index contributed by atoms with van der Waals surface area (Å²) in [5.41, 5.74) is 0.438. The van der Waals surface area contributed by atoms with Crippen LogP contribution in [0.4, 0.5) is 0 Å². The molecule has 0 bridgehead atoms. The van der Waals surface area contributed by atoms with Crippen molar-refractivity contribution >= 4 is 0 Å². The molecule has 0 aromatic rings. The second-order valence-corrected chi connectivity index (χ2v) is 4.67. The van der Waals surface area contributed by atoms with E-state index in [0.29, 0.717) is 5.41 Å². The van der Waals surface area contributed by atoms with Crippen molar-refractivity contribution in [2.24, 2.45) is 11.3 Å². The van der Waals surface area contributed by atoms with Gasteiger partial charge in [0.2, 0.25) is 0 Å². The van der Waals surface area contributed by atoms with E-state index in [4.69, 9.17) is 0 Å². The maximum Gasteiger partial charge on any atom is 0.000496 e. The van der Waals surface area contributed by atoms with Gasteiger partial charge in [-0.2, -0.15) is 0 Å². The van der Waals surface area contributed by atoms with Gasteiger partial charge in [-0.25, -0.2) is 0 Å². The lowest BCUT2D eigenvalue weighted by atomic mass is 9.81. The van der Waals surface area contributed by atoms with Crippen LogP contribution >= 0.6 is 0 Å². The van der Waals surface area contributed by atoms with E-state index in [1.807, 2.05) is 0 Å². The molecule has 1 N–H and O–H groups in total. The average Bonchev–Trinajstić information content (AvgIpc) is 1.98. The van der Waals surface area contributed by atoms with Crippen LogP contribution in [0, 0.1) is 11.3 Å². The highest BCUT2D eigenvalue weighted by Crippen LogP contribution is 2.24. The van der Waals surface area contributed by atoms with Gasteiger partial charge in [-0.3, -0.25) is 0 Å². The molecular weight excluding hydrogens is 146 g/mol. The minimum absolute atomic E-state index is 0.438. The molecule has 0 aliphatic heterocycles. The van der Waals surface area contributed by atoms with Crippen LogP contribution in [0.3, 0.4) is 0 Å². The quantitative estimate of drug-likeness (QED) is 0.606. The summed E-state index contributed by atoms with van der Waals surface area (Å²) < 4.78 is 0. The molecule has 12 heavy (non-hydrogen) atoms. The van der Waals surface area contributed by atoms with E-state index in [9.17, 15) is 0 Å². The van der Waals surface area contributed by atoms with Gasteiger partial charge in [0.15, 0.2) is 0 Å². The number of rotatable bonds is 6. The Balaban J connectivity index is 3.47. The zero-order chi connectivity index (χ0) is 9.61. The fraction of sp³-hybridized carbons (Fsp3) is 1.00. The van der Waals surface area contributed by atoms with Crippen LogP contribution in [-0.2, 0) is 0 Å². The number of hydrogen-bond donors (Lipinski definition) is 1. The molecule has 0 spiro atoms. The van der Waals surface area contributed by atoms with Crippen LogP contribution in [-0.4, -0.2) is 13.1 Å². The summed E-state index contributed by atoms with van der Waals surface area (Å²) in [5, 5.41) is 3.51. The number of unbranched alkanes of at least 4 members (excludes halogenated alkanes) is 1. The van der Waals surface area contributed by atoms with Crippen molar-refractivity contribution < 1.29 is 0 Å². The lowest BCUT2D eigenvalue weighted by molar-refractivity contribution is 0.238. The summed E-state index contributed by atoms with van der Waals surface area (Å²) in [6.07, 6.45) is 2.59. The summed E-state index contributed by atoms with van der Waals surface area (Å²) in [6, 6.07) is 0. The molecule has 0 fully saturated rings. The van der Waals surface area contributed by atoms with Crippen LogP contribution < -0.4 is 5.32 Å². The largest absolute Gasteiger partial charge is 0.316 e. The van der Waals surface area contributed by atoms with E-state index in [1.165, 1.54) is 19.4 Å². The molecular formula is C11H25N. The first-order valence-electron chi connectivity index (χ1n) is 5.21. The molecule has 0 aromatic heterocycles. The Kier molecular flexibility index (Phi) is 5.56. The lowest BCUT2D eigenvalue weighted by Crippen LogP contribution is -2.33. The molecule has 0 aliphatic carbocycles. The van der Waals surface area contributed by atoms with Crippen LogP contribution in [0.1, 0.15) is 47.5 Å². The molecule has 0 heterocycles. The predicted octanol–water partition coefficient (Wildman–Crippen LogP) is 3.06. The Morgan fingerprint density at radius 3 is 2.25 bits per heavy atom. The van der Waals surface area contributed by atoms with Gasteiger partial charge in [-0.1, -0.05) is 41.0 Å². The molecule has 1 nitrogen and oxygen atoms in total. The van der Waals surface area contributed by atoms with Crippen molar-refractivity contribution in [1.29, 1.82) is 0 Å². The molecule has 0 aliphatic rings. The lowest BCUT2D eigenvalue weighted by Gasteiger charge is -2.29. The topological polar surface area (TPSA) is 12.0 Å². The Bertz CT molecular complexity index is 106. The second kappa shape index (κ2) is 5.58. The van der Waals surface area contributed by atoms with Crippen LogP contribution in [0.2, 0.25) is 0 Å². The van der Waals surface area contributed by atoms with E-state index >= 15 is 0 Å². The summed E-state index contributed by atoms with van der Waals surface area (Å²) in [6.45, 7) is 13.8. The highest BCUT2D eigenvalue weighted by Gasteiger charge is 2.20. The smallest absolute Gasteiger partial charge is 0.000496 e. The van der Waals surface area contributed by atoms with Crippen molar-refractivity contribution in [3.05, 3.63) is 0 Å². The molecule has 0 saturated carbocycles.